The van der Waals surface area contributed by atoms with E-state index < -0.39 is 0 Å². The van der Waals surface area contributed by atoms with Gasteiger partial charge in [0.15, 0.2) is 0 Å². The van der Waals surface area contributed by atoms with Crippen molar-refractivity contribution in [2.75, 3.05) is 55.4 Å². The molecule has 0 radical (unpaired) electrons. The molecule has 1 heterocycles. The summed E-state index contributed by atoms with van der Waals surface area (Å²) in [4.78, 5) is 28.4. The van der Waals surface area contributed by atoms with Crippen molar-refractivity contribution >= 4 is 28.9 Å². The number of nitriles is 1. The van der Waals surface area contributed by atoms with Crippen molar-refractivity contribution in [2.45, 2.75) is 13.3 Å². The highest BCUT2D eigenvalue weighted by Gasteiger charge is 2.18. The Labute approximate surface area is 182 Å². The summed E-state index contributed by atoms with van der Waals surface area (Å²) in [5, 5.41) is 14.6. The lowest BCUT2D eigenvalue weighted by atomic mass is 10.2. The Balaban J connectivity index is 1.58. The average molecular weight is 422 g/mol. The molecule has 1 aliphatic rings. The Hall–Kier alpha value is -3.57. The predicted molar refractivity (Wildman–Crippen MR) is 120 cm³/mol. The molecule has 162 valence electrons. The van der Waals surface area contributed by atoms with Crippen LogP contribution in [0, 0.1) is 11.3 Å². The van der Waals surface area contributed by atoms with E-state index in [0.29, 0.717) is 22.7 Å². The van der Waals surface area contributed by atoms with Crippen LogP contribution in [0.4, 0.5) is 17.1 Å². The second kappa shape index (κ2) is 10.5. The Morgan fingerprint density at radius 1 is 1.06 bits per heavy atom. The van der Waals surface area contributed by atoms with Crippen molar-refractivity contribution in [1.82, 2.24) is 4.90 Å². The number of hydrogen-bond donors (Lipinski definition) is 2. The maximum atomic E-state index is 12.7. The maximum absolute atomic E-state index is 12.7. The van der Waals surface area contributed by atoms with Crippen molar-refractivity contribution in [3.63, 3.8) is 0 Å². The molecule has 0 aromatic heterocycles. The van der Waals surface area contributed by atoms with E-state index in [9.17, 15) is 9.59 Å². The van der Waals surface area contributed by atoms with Gasteiger partial charge in [0, 0.05) is 44.5 Å². The first kappa shape index (κ1) is 22.1. The summed E-state index contributed by atoms with van der Waals surface area (Å²) in [7, 11) is 1.54. The van der Waals surface area contributed by atoms with E-state index in [4.69, 9.17) is 10.00 Å². The van der Waals surface area contributed by atoms with Gasteiger partial charge in [0.2, 0.25) is 11.8 Å². The first-order chi connectivity index (χ1) is 15.0. The van der Waals surface area contributed by atoms with Crippen LogP contribution in [-0.2, 0) is 9.59 Å². The molecule has 2 N–H and O–H groups in total. The predicted octanol–water partition coefficient (Wildman–Crippen LogP) is 2.68. The summed E-state index contributed by atoms with van der Waals surface area (Å²) in [6.45, 7) is 4.99. The Morgan fingerprint density at radius 2 is 1.84 bits per heavy atom. The van der Waals surface area contributed by atoms with Crippen molar-refractivity contribution in [2.24, 2.45) is 0 Å². The third kappa shape index (κ3) is 6.20. The molecule has 0 unspecified atom stereocenters. The van der Waals surface area contributed by atoms with Gasteiger partial charge in [-0.15, -0.1) is 0 Å². The van der Waals surface area contributed by atoms with E-state index in [1.165, 1.54) is 14.0 Å². The van der Waals surface area contributed by atoms with Crippen LogP contribution in [0.5, 0.6) is 5.75 Å². The van der Waals surface area contributed by atoms with Crippen molar-refractivity contribution in [1.29, 1.82) is 5.26 Å². The standard InChI is InChI=1S/C23H27N5O3/c1-17(29)25-19-6-9-22(31-2)21(14-19)26-23(30)16-27-10-3-11-28(13-12-27)20-7-4-18(15-24)5-8-20/h4-9,14H,3,10-13,16H2,1-2H3,(H,25,29)(H,26,30). The number of carbonyl (C=O) groups is 2. The van der Waals surface area contributed by atoms with E-state index in [2.05, 4.69) is 26.5 Å². The van der Waals surface area contributed by atoms with Crippen LogP contribution in [0.1, 0.15) is 18.9 Å². The molecule has 2 amide bonds. The van der Waals surface area contributed by atoms with Crippen LogP contribution in [0.3, 0.4) is 0 Å². The number of rotatable bonds is 6. The quantitative estimate of drug-likeness (QED) is 0.744. The van der Waals surface area contributed by atoms with Gasteiger partial charge < -0.3 is 20.3 Å². The summed E-state index contributed by atoms with van der Waals surface area (Å²) < 4.78 is 5.33. The zero-order valence-electron chi connectivity index (χ0n) is 17.9. The van der Waals surface area contributed by atoms with Gasteiger partial charge in [-0.05, 0) is 48.9 Å². The molecule has 0 atom stereocenters. The monoisotopic (exact) mass is 421 g/mol. The minimum Gasteiger partial charge on any atom is -0.495 e. The molecule has 2 aromatic rings. The van der Waals surface area contributed by atoms with Crippen LogP contribution in [0.15, 0.2) is 42.5 Å². The molecule has 1 saturated heterocycles. The van der Waals surface area contributed by atoms with Crippen LogP contribution >= 0.6 is 0 Å². The Bertz CT molecular complexity index is 968. The van der Waals surface area contributed by atoms with Crippen LogP contribution in [-0.4, -0.2) is 56.5 Å². The molecule has 8 nitrogen and oxygen atoms in total. The van der Waals surface area contributed by atoms with Crippen LogP contribution < -0.4 is 20.3 Å². The number of nitrogens with one attached hydrogen (secondary N) is 2. The highest BCUT2D eigenvalue weighted by molar-refractivity contribution is 5.95. The first-order valence-electron chi connectivity index (χ1n) is 10.2. The lowest BCUT2D eigenvalue weighted by molar-refractivity contribution is -0.117. The highest BCUT2D eigenvalue weighted by Crippen LogP contribution is 2.28. The number of carbonyl (C=O) groups excluding carboxylic acids is 2. The maximum Gasteiger partial charge on any atom is 0.238 e. The Morgan fingerprint density at radius 3 is 2.52 bits per heavy atom. The molecule has 2 aromatic carbocycles. The van der Waals surface area contributed by atoms with Gasteiger partial charge in [0.1, 0.15) is 5.75 Å². The number of anilines is 3. The number of benzene rings is 2. The van der Waals surface area contributed by atoms with E-state index in [0.717, 1.165) is 38.3 Å². The minimum atomic E-state index is -0.182. The zero-order valence-corrected chi connectivity index (χ0v) is 17.9. The summed E-state index contributed by atoms with van der Waals surface area (Å²) in [5.41, 5.74) is 2.85. The molecular formula is C23H27N5O3. The fraction of sp³-hybridized carbons (Fsp3) is 0.348. The Kier molecular flexibility index (Phi) is 7.46. The fourth-order valence-electron chi connectivity index (χ4n) is 3.61. The van der Waals surface area contributed by atoms with Crippen LogP contribution in [0.2, 0.25) is 0 Å². The lowest BCUT2D eigenvalue weighted by Gasteiger charge is -2.23. The van der Waals surface area contributed by atoms with Crippen molar-refractivity contribution in [3.05, 3.63) is 48.0 Å². The average Bonchev–Trinajstić information content (AvgIpc) is 2.99. The third-order valence-corrected chi connectivity index (χ3v) is 5.11. The summed E-state index contributed by atoms with van der Waals surface area (Å²) in [6, 6.07) is 14.9. The molecule has 1 aliphatic heterocycles. The van der Waals surface area contributed by atoms with Gasteiger partial charge in [-0.25, -0.2) is 0 Å². The summed E-state index contributed by atoms with van der Waals surface area (Å²) >= 11 is 0. The minimum absolute atomic E-state index is 0.134. The first-order valence-corrected chi connectivity index (χ1v) is 10.2. The van der Waals surface area contributed by atoms with E-state index in [1.807, 2.05) is 24.3 Å². The zero-order chi connectivity index (χ0) is 22.2. The van der Waals surface area contributed by atoms with Gasteiger partial charge in [-0.1, -0.05) is 0 Å². The third-order valence-electron chi connectivity index (χ3n) is 5.11. The molecule has 3 rings (SSSR count). The fourth-order valence-corrected chi connectivity index (χ4v) is 3.61. The largest absolute Gasteiger partial charge is 0.495 e. The van der Waals surface area contributed by atoms with E-state index in [-0.39, 0.29) is 18.4 Å². The molecule has 0 bridgehead atoms. The number of amides is 2. The highest BCUT2D eigenvalue weighted by atomic mass is 16.5. The van der Waals surface area contributed by atoms with Crippen molar-refractivity contribution in [3.8, 4) is 11.8 Å². The van der Waals surface area contributed by atoms with E-state index >= 15 is 0 Å². The van der Waals surface area contributed by atoms with Gasteiger partial charge in [-0.3, -0.25) is 14.5 Å². The number of ether oxygens (including phenoxy) is 1. The van der Waals surface area contributed by atoms with Crippen molar-refractivity contribution < 1.29 is 14.3 Å². The number of nitrogens with zero attached hydrogens (tertiary/aromatic N) is 3. The number of methoxy groups -OCH3 is 1. The summed E-state index contributed by atoms with van der Waals surface area (Å²) in [6.07, 6.45) is 0.939. The van der Waals surface area contributed by atoms with Gasteiger partial charge in [0.25, 0.3) is 0 Å². The summed E-state index contributed by atoms with van der Waals surface area (Å²) in [5.74, 6) is 0.217. The molecule has 8 heteroatoms. The number of hydrogen-bond acceptors (Lipinski definition) is 6. The van der Waals surface area contributed by atoms with E-state index in [1.54, 1.807) is 18.2 Å². The SMILES string of the molecule is COc1ccc(NC(C)=O)cc1NC(=O)CN1CCCN(c2ccc(C#N)cc2)CC1. The molecule has 31 heavy (non-hydrogen) atoms. The molecule has 0 saturated carbocycles. The van der Waals surface area contributed by atoms with Gasteiger partial charge >= 0.3 is 0 Å². The topological polar surface area (TPSA) is 97.7 Å². The molecule has 0 spiro atoms. The normalized spacial score (nSPS) is 14.3. The molecule has 1 fully saturated rings. The smallest absolute Gasteiger partial charge is 0.238 e. The lowest BCUT2D eigenvalue weighted by Crippen LogP contribution is -2.36. The van der Waals surface area contributed by atoms with Gasteiger partial charge in [-0.2, -0.15) is 5.26 Å². The van der Waals surface area contributed by atoms with Crippen LogP contribution in [0.25, 0.3) is 0 Å². The molecule has 0 aliphatic carbocycles. The second-order valence-electron chi connectivity index (χ2n) is 7.42. The molecular weight excluding hydrogens is 394 g/mol. The van der Waals surface area contributed by atoms with Gasteiger partial charge in [0.05, 0.1) is 31.0 Å². The second-order valence-corrected chi connectivity index (χ2v) is 7.42.